The lowest BCUT2D eigenvalue weighted by Crippen LogP contribution is -2.48. The number of halogens is 2. The van der Waals surface area contributed by atoms with Gasteiger partial charge in [0.2, 0.25) is 0 Å². The van der Waals surface area contributed by atoms with Crippen LogP contribution in [0.1, 0.15) is 29.3 Å². The molecule has 28 heavy (non-hydrogen) atoms. The number of nitrogens with zero attached hydrogens (tertiary/aromatic N) is 1. The molecule has 146 valence electrons. The van der Waals surface area contributed by atoms with E-state index in [9.17, 15) is 14.4 Å². The Morgan fingerprint density at radius 2 is 1.79 bits per heavy atom. The molecular formula is C19H17Cl2N3O4. The molecule has 2 aromatic carbocycles. The molecular weight excluding hydrogens is 405 g/mol. The first-order valence-electron chi connectivity index (χ1n) is 8.40. The highest BCUT2D eigenvalue weighted by atomic mass is 35.5. The van der Waals surface area contributed by atoms with E-state index in [1.54, 1.807) is 31.2 Å². The molecule has 1 aliphatic heterocycles. The molecule has 2 N–H and O–H groups in total. The van der Waals surface area contributed by atoms with Gasteiger partial charge in [0, 0.05) is 5.56 Å². The van der Waals surface area contributed by atoms with Gasteiger partial charge in [-0.05, 0) is 24.1 Å². The number of nitrogens with one attached hydrogen (secondary N) is 2. The van der Waals surface area contributed by atoms with Crippen molar-refractivity contribution in [1.82, 2.24) is 15.8 Å². The van der Waals surface area contributed by atoms with Crippen LogP contribution in [0.15, 0.2) is 42.5 Å². The third-order valence-electron chi connectivity index (χ3n) is 4.57. The molecule has 2 aromatic rings. The molecule has 0 radical (unpaired) electrons. The van der Waals surface area contributed by atoms with Gasteiger partial charge in [-0.2, -0.15) is 5.01 Å². The summed E-state index contributed by atoms with van der Waals surface area (Å²) in [5.74, 6) is -1.07. The van der Waals surface area contributed by atoms with Crippen LogP contribution in [0.2, 0.25) is 10.0 Å². The summed E-state index contributed by atoms with van der Waals surface area (Å²) in [4.78, 5) is 38.1. The number of carbonyl (C=O) groups is 3. The van der Waals surface area contributed by atoms with Crippen molar-refractivity contribution in [1.29, 1.82) is 0 Å². The van der Waals surface area contributed by atoms with E-state index >= 15 is 0 Å². The topological polar surface area (TPSA) is 87.7 Å². The molecule has 1 unspecified atom stereocenters. The van der Waals surface area contributed by atoms with Gasteiger partial charge in [0.25, 0.3) is 11.8 Å². The van der Waals surface area contributed by atoms with Crippen LogP contribution in [-0.2, 0) is 10.3 Å². The van der Waals surface area contributed by atoms with Crippen LogP contribution < -0.4 is 15.5 Å². The molecule has 1 heterocycles. The fourth-order valence-electron chi connectivity index (χ4n) is 3.09. The standard InChI is InChI=1S/C19H17Cl2N3O4/c1-3-19(12-7-5-4-6-8-12)17(26)24(18(27)22-19)23-16(25)11-9-13(20)15(28-2)14(21)10-11/h4-10H,3H2,1-2H3,(H,22,27)(H,23,25). The lowest BCUT2D eigenvalue weighted by Gasteiger charge is -2.25. The molecule has 0 aromatic heterocycles. The lowest BCUT2D eigenvalue weighted by molar-refractivity contribution is -0.133. The van der Waals surface area contributed by atoms with Crippen LogP contribution in [0.5, 0.6) is 5.75 Å². The number of amides is 4. The minimum atomic E-state index is -1.25. The fraction of sp³-hybridized carbons (Fsp3) is 0.211. The van der Waals surface area contributed by atoms with Crippen molar-refractivity contribution in [3.05, 3.63) is 63.6 Å². The largest absolute Gasteiger partial charge is 0.494 e. The predicted octanol–water partition coefficient (Wildman–Crippen LogP) is 3.50. The molecule has 1 saturated heterocycles. The van der Waals surface area contributed by atoms with Crippen molar-refractivity contribution < 1.29 is 19.1 Å². The van der Waals surface area contributed by atoms with Crippen LogP contribution in [0.25, 0.3) is 0 Å². The Hall–Kier alpha value is -2.77. The molecule has 0 bridgehead atoms. The molecule has 9 heteroatoms. The Morgan fingerprint density at radius 1 is 1.18 bits per heavy atom. The van der Waals surface area contributed by atoms with E-state index in [0.29, 0.717) is 17.0 Å². The first-order chi connectivity index (χ1) is 13.3. The SMILES string of the molecule is CCC1(c2ccccc2)NC(=O)N(NC(=O)c2cc(Cl)c(OC)c(Cl)c2)C1=O. The van der Waals surface area contributed by atoms with Crippen LogP contribution in [0.3, 0.4) is 0 Å². The molecule has 4 amide bonds. The van der Waals surface area contributed by atoms with E-state index in [0.717, 1.165) is 0 Å². The van der Waals surface area contributed by atoms with Gasteiger partial charge in [0.05, 0.1) is 17.2 Å². The zero-order valence-electron chi connectivity index (χ0n) is 15.1. The van der Waals surface area contributed by atoms with E-state index in [1.807, 2.05) is 6.07 Å². The van der Waals surface area contributed by atoms with Gasteiger partial charge in [-0.1, -0.05) is 60.5 Å². The minimum absolute atomic E-state index is 0.0742. The number of carbonyl (C=O) groups excluding carboxylic acids is 3. The van der Waals surface area contributed by atoms with Crippen molar-refractivity contribution in [3.8, 4) is 5.75 Å². The summed E-state index contributed by atoms with van der Waals surface area (Å²) in [7, 11) is 1.40. The second kappa shape index (κ2) is 7.69. The number of hydrogen-bond acceptors (Lipinski definition) is 4. The van der Waals surface area contributed by atoms with Crippen molar-refractivity contribution in [2.75, 3.05) is 7.11 Å². The van der Waals surface area contributed by atoms with Gasteiger partial charge in [0.1, 0.15) is 5.54 Å². The number of ether oxygens (including phenoxy) is 1. The summed E-state index contributed by atoms with van der Waals surface area (Å²) >= 11 is 12.1. The van der Waals surface area contributed by atoms with E-state index in [4.69, 9.17) is 27.9 Å². The third-order valence-corrected chi connectivity index (χ3v) is 5.13. The van der Waals surface area contributed by atoms with Crippen LogP contribution in [0, 0.1) is 0 Å². The molecule has 3 rings (SSSR count). The molecule has 1 atom stereocenters. The zero-order valence-corrected chi connectivity index (χ0v) is 16.6. The number of methoxy groups -OCH3 is 1. The average Bonchev–Trinajstić information content (AvgIpc) is 2.93. The smallest absolute Gasteiger partial charge is 0.344 e. The van der Waals surface area contributed by atoms with E-state index < -0.39 is 23.4 Å². The highest BCUT2D eigenvalue weighted by molar-refractivity contribution is 6.37. The monoisotopic (exact) mass is 421 g/mol. The fourth-order valence-corrected chi connectivity index (χ4v) is 3.73. The van der Waals surface area contributed by atoms with Crippen LogP contribution >= 0.6 is 23.2 Å². The van der Waals surface area contributed by atoms with Crippen molar-refractivity contribution in [2.45, 2.75) is 18.9 Å². The van der Waals surface area contributed by atoms with Gasteiger partial charge in [-0.15, -0.1) is 0 Å². The highest BCUT2D eigenvalue weighted by Crippen LogP contribution is 2.34. The molecule has 1 aliphatic rings. The highest BCUT2D eigenvalue weighted by Gasteiger charge is 2.52. The number of imide groups is 1. The first kappa shape index (κ1) is 20.0. The Labute approximate surface area is 171 Å². The minimum Gasteiger partial charge on any atom is -0.494 e. The summed E-state index contributed by atoms with van der Waals surface area (Å²) in [6, 6.07) is 10.8. The normalized spacial score (nSPS) is 18.8. The van der Waals surface area contributed by atoms with E-state index in [2.05, 4.69) is 10.7 Å². The van der Waals surface area contributed by atoms with Gasteiger partial charge in [0.15, 0.2) is 5.75 Å². The second-order valence-electron chi connectivity index (χ2n) is 6.11. The maximum Gasteiger partial charge on any atom is 0.344 e. The predicted molar refractivity (Wildman–Crippen MR) is 104 cm³/mol. The lowest BCUT2D eigenvalue weighted by atomic mass is 9.87. The summed E-state index contributed by atoms with van der Waals surface area (Å²) in [5.41, 5.74) is 1.77. The summed E-state index contributed by atoms with van der Waals surface area (Å²) in [6.07, 6.45) is 0.314. The number of benzene rings is 2. The first-order valence-corrected chi connectivity index (χ1v) is 9.16. The Morgan fingerprint density at radius 3 is 2.32 bits per heavy atom. The molecule has 0 aliphatic carbocycles. The molecule has 7 nitrogen and oxygen atoms in total. The third kappa shape index (κ3) is 3.27. The van der Waals surface area contributed by atoms with Crippen LogP contribution in [0.4, 0.5) is 4.79 Å². The van der Waals surface area contributed by atoms with Crippen molar-refractivity contribution >= 4 is 41.0 Å². The quantitative estimate of drug-likeness (QED) is 0.723. The Balaban J connectivity index is 1.88. The summed E-state index contributed by atoms with van der Waals surface area (Å²) in [5, 5.41) is 3.61. The molecule has 1 fully saturated rings. The van der Waals surface area contributed by atoms with E-state index in [1.165, 1.54) is 19.2 Å². The Kier molecular flexibility index (Phi) is 5.49. The van der Waals surface area contributed by atoms with Gasteiger partial charge in [-0.3, -0.25) is 15.0 Å². The number of rotatable bonds is 5. The maximum atomic E-state index is 13.0. The van der Waals surface area contributed by atoms with Crippen molar-refractivity contribution in [2.24, 2.45) is 0 Å². The number of hydrogen-bond donors (Lipinski definition) is 2. The Bertz CT molecular complexity index is 928. The van der Waals surface area contributed by atoms with E-state index in [-0.39, 0.29) is 21.4 Å². The molecule has 0 saturated carbocycles. The van der Waals surface area contributed by atoms with Gasteiger partial charge >= 0.3 is 6.03 Å². The average molecular weight is 422 g/mol. The number of urea groups is 1. The van der Waals surface area contributed by atoms with Crippen molar-refractivity contribution in [3.63, 3.8) is 0 Å². The van der Waals surface area contributed by atoms with Gasteiger partial charge in [-0.25, -0.2) is 4.79 Å². The number of hydrazine groups is 1. The summed E-state index contributed by atoms with van der Waals surface area (Å²) < 4.78 is 5.04. The molecule has 0 spiro atoms. The van der Waals surface area contributed by atoms with Gasteiger partial charge < -0.3 is 10.1 Å². The second-order valence-corrected chi connectivity index (χ2v) is 6.92. The van der Waals surface area contributed by atoms with Crippen LogP contribution in [-0.4, -0.2) is 30.0 Å². The summed E-state index contributed by atoms with van der Waals surface area (Å²) in [6.45, 7) is 1.78. The zero-order chi connectivity index (χ0) is 20.5. The maximum absolute atomic E-state index is 13.0.